The van der Waals surface area contributed by atoms with Crippen LogP contribution in [0.3, 0.4) is 0 Å². The normalized spacial score (nSPS) is 12.0. The van der Waals surface area contributed by atoms with Crippen LogP contribution in [0, 0.1) is 0 Å². The van der Waals surface area contributed by atoms with Crippen LogP contribution in [0.1, 0.15) is 0 Å². The Bertz CT molecular complexity index is 526. The minimum atomic E-state index is -3.79. The molecule has 19 heavy (non-hydrogen) atoms. The van der Waals surface area contributed by atoms with E-state index in [-0.39, 0.29) is 23.7 Å². The molecule has 1 aromatic rings. The lowest BCUT2D eigenvalue weighted by molar-refractivity contribution is 0.0199. The molecule has 9 heteroatoms. The van der Waals surface area contributed by atoms with Crippen molar-refractivity contribution >= 4 is 31.6 Å². The van der Waals surface area contributed by atoms with Gasteiger partial charge in [0.05, 0.1) is 12.3 Å². The molecule has 0 aliphatic heterocycles. The minimum absolute atomic E-state index is 0.0734. The SMILES string of the molecule is Nc1ccc(Br)cc1S(=O)(=O)NCCOCC(F)F. The summed E-state index contributed by atoms with van der Waals surface area (Å²) >= 11 is 3.14. The quantitative estimate of drug-likeness (QED) is 0.572. The number of alkyl halides is 2. The number of ether oxygens (including phenoxy) is 1. The van der Waals surface area contributed by atoms with Crippen LogP contribution in [0.15, 0.2) is 27.6 Å². The highest BCUT2D eigenvalue weighted by Gasteiger charge is 2.17. The van der Waals surface area contributed by atoms with Gasteiger partial charge in [-0.15, -0.1) is 0 Å². The van der Waals surface area contributed by atoms with Crippen molar-refractivity contribution in [1.82, 2.24) is 4.72 Å². The predicted octanol–water partition coefficient (Wildman–Crippen LogP) is 1.59. The van der Waals surface area contributed by atoms with E-state index in [4.69, 9.17) is 5.73 Å². The fourth-order valence-electron chi connectivity index (χ4n) is 1.24. The van der Waals surface area contributed by atoms with Crippen molar-refractivity contribution in [2.45, 2.75) is 11.3 Å². The zero-order valence-electron chi connectivity index (χ0n) is 9.77. The largest absolute Gasteiger partial charge is 0.398 e. The number of benzene rings is 1. The Morgan fingerprint density at radius 2 is 2.11 bits per heavy atom. The minimum Gasteiger partial charge on any atom is -0.398 e. The van der Waals surface area contributed by atoms with Gasteiger partial charge >= 0.3 is 0 Å². The summed E-state index contributed by atoms with van der Waals surface area (Å²) in [5.41, 5.74) is 5.68. The van der Waals surface area contributed by atoms with Crippen molar-refractivity contribution in [2.75, 3.05) is 25.5 Å². The zero-order chi connectivity index (χ0) is 14.5. The number of nitrogen functional groups attached to an aromatic ring is 1. The van der Waals surface area contributed by atoms with Crippen molar-refractivity contribution < 1.29 is 21.9 Å². The van der Waals surface area contributed by atoms with Crippen LogP contribution in [-0.2, 0) is 14.8 Å². The van der Waals surface area contributed by atoms with Gasteiger partial charge in [-0.05, 0) is 18.2 Å². The fourth-order valence-corrected chi connectivity index (χ4v) is 2.92. The highest BCUT2D eigenvalue weighted by Crippen LogP contribution is 2.22. The Kier molecular flexibility index (Phi) is 6.11. The van der Waals surface area contributed by atoms with Gasteiger partial charge in [-0.1, -0.05) is 15.9 Å². The summed E-state index contributed by atoms with van der Waals surface area (Å²) in [4.78, 5) is -0.0734. The third kappa shape index (κ3) is 5.39. The summed E-state index contributed by atoms with van der Waals surface area (Å²) in [6, 6.07) is 4.42. The van der Waals surface area contributed by atoms with Crippen molar-refractivity contribution in [1.29, 1.82) is 0 Å². The maximum atomic E-state index is 11.9. The van der Waals surface area contributed by atoms with E-state index in [0.717, 1.165) is 0 Å². The topological polar surface area (TPSA) is 81.4 Å². The van der Waals surface area contributed by atoms with E-state index in [9.17, 15) is 17.2 Å². The number of halogens is 3. The molecule has 0 saturated heterocycles. The lowest BCUT2D eigenvalue weighted by Gasteiger charge is -2.09. The van der Waals surface area contributed by atoms with Crippen molar-refractivity contribution in [3.63, 3.8) is 0 Å². The summed E-state index contributed by atoms with van der Waals surface area (Å²) in [5.74, 6) is 0. The van der Waals surface area contributed by atoms with Crippen LogP contribution in [-0.4, -0.2) is 34.6 Å². The maximum absolute atomic E-state index is 11.9. The molecule has 1 rings (SSSR count). The number of hydrogen-bond acceptors (Lipinski definition) is 4. The van der Waals surface area contributed by atoms with Gasteiger partial charge < -0.3 is 10.5 Å². The number of nitrogens with one attached hydrogen (secondary N) is 1. The van der Waals surface area contributed by atoms with E-state index in [1.165, 1.54) is 12.1 Å². The molecule has 0 aromatic heterocycles. The second-order valence-corrected chi connectivity index (χ2v) is 6.20. The molecule has 5 nitrogen and oxygen atoms in total. The molecule has 108 valence electrons. The van der Waals surface area contributed by atoms with Crippen LogP contribution >= 0.6 is 15.9 Å². The van der Waals surface area contributed by atoms with Crippen LogP contribution < -0.4 is 10.5 Å². The molecule has 1 aromatic carbocycles. The van der Waals surface area contributed by atoms with E-state index in [2.05, 4.69) is 25.4 Å². The van der Waals surface area contributed by atoms with E-state index in [0.29, 0.717) is 4.47 Å². The first-order valence-corrected chi connectivity index (χ1v) is 7.51. The molecule has 0 unspecified atom stereocenters. The van der Waals surface area contributed by atoms with Gasteiger partial charge in [0, 0.05) is 11.0 Å². The zero-order valence-corrected chi connectivity index (χ0v) is 12.2. The molecule has 0 spiro atoms. The summed E-state index contributed by atoms with van der Waals surface area (Å²) in [7, 11) is -3.79. The number of anilines is 1. The molecule has 0 bridgehead atoms. The molecule has 0 saturated carbocycles. The fraction of sp³-hybridized carbons (Fsp3) is 0.400. The standard InChI is InChI=1S/C10H13BrF2N2O3S/c11-7-1-2-8(14)9(5-7)19(16,17)15-3-4-18-6-10(12)13/h1-2,5,10,15H,3-4,6,14H2. The van der Waals surface area contributed by atoms with Gasteiger partial charge in [0.1, 0.15) is 11.5 Å². The first kappa shape index (κ1) is 16.3. The smallest absolute Gasteiger partial charge is 0.261 e. The van der Waals surface area contributed by atoms with Crippen LogP contribution in [0.5, 0.6) is 0 Å². The summed E-state index contributed by atoms with van der Waals surface area (Å²) in [5, 5.41) is 0. The lowest BCUT2D eigenvalue weighted by Crippen LogP contribution is -2.28. The highest BCUT2D eigenvalue weighted by molar-refractivity contribution is 9.10. The molecule has 0 amide bonds. The molecular formula is C10H13BrF2N2O3S. The number of rotatable bonds is 7. The van der Waals surface area contributed by atoms with E-state index >= 15 is 0 Å². The Balaban J connectivity index is 2.59. The van der Waals surface area contributed by atoms with Crippen molar-refractivity contribution in [3.8, 4) is 0 Å². The molecule has 0 atom stereocenters. The van der Waals surface area contributed by atoms with Crippen LogP contribution in [0.4, 0.5) is 14.5 Å². The van der Waals surface area contributed by atoms with Gasteiger partial charge in [-0.25, -0.2) is 21.9 Å². The molecule has 0 aliphatic carbocycles. The van der Waals surface area contributed by atoms with E-state index in [1.807, 2.05) is 0 Å². The predicted molar refractivity (Wildman–Crippen MR) is 70.6 cm³/mol. The summed E-state index contributed by atoms with van der Waals surface area (Å²) in [6.45, 7) is -0.973. The number of nitrogens with two attached hydrogens (primary N) is 1. The third-order valence-electron chi connectivity index (χ3n) is 2.05. The number of sulfonamides is 1. The molecule has 0 fully saturated rings. The Hall–Kier alpha value is -0.770. The Labute approximate surface area is 118 Å². The average molecular weight is 359 g/mol. The van der Waals surface area contributed by atoms with Gasteiger partial charge in [0.2, 0.25) is 10.0 Å². The van der Waals surface area contributed by atoms with Crippen molar-refractivity contribution in [3.05, 3.63) is 22.7 Å². The van der Waals surface area contributed by atoms with E-state index < -0.39 is 23.1 Å². The van der Waals surface area contributed by atoms with Gasteiger partial charge in [0.25, 0.3) is 6.43 Å². The molecular weight excluding hydrogens is 346 g/mol. The summed E-state index contributed by atoms with van der Waals surface area (Å²) < 4.78 is 54.7. The average Bonchev–Trinajstić information content (AvgIpc) is 2.31. The second kappa shape index (κ2) is 7.13. The van der Waals surface area contributed by atoms with Gasteiger partial charge in [-0.3, -0.25) is 0 Å². The van der Waals surface area contributed by atoms with Gasteiger partial charge in [-0.2, -0.15) is 0 Å². The van der Waals surface area contributed by atoms with E-state index in [1.54, 1.807) is 6.07 Å². The van der Waals surface area contributed by atoms with Gasteiger partial charge in [0.15, 0.2) is 0 Å². The van der Waals surface area contributed by atoms with Crippen LogP contribution in [0.2, 0.25) is 0 Å². The Morgan fingerprint density at radius 3 is 2.74 bits per heavy atom. The molecule has 3 N–H and O–H groups in total. The molecule has 0 aliphatic rings. The number of hydrogen-bond donors (Lipinski definition) is 2. The van der Waals surface area contributed by atoms with Crippen molar-refractivity contribution in [2.24, 2.45) is 0 Å². The maximum Gasteiger partial charge on any atom is 0.261 e. The highest BCUT2D eigenvalue weighted by atomic mass is 79.9. The third-order valence-corrected chi connectivity index (χ3v) is 4.06. The molecule has 0 heterocycles. The first-order valence-electron chi connectivity index (χ1n) is 5.23. The molecule has 0 radical (unpaired) electrons. The first-order chi connectivity index (χ1) is 8.83. The monoisotopic (exact) mass is 358 g/mol. The van der Waals surface area contributed by atoms with Crippen LogP contribution in [0.25, 0.3) is 0 Å². The summed E-state index contributed by atoms with van der Waals surface area (Å²) in [6.07, 6.45) is -2.57. The second-order valence-electron chi connectivity index (χ2n) is 3.55. The lowest BCUT2D eigenvalue weighted by atomic mass is 10.3. The Morgan fingerprint density at radius 1 is 1.42 bits per heavy atom.